The highest BCUT2D eigenvalue weighted by Crippen LogP contribution is 2.37. The second-order valence-electron chi connectivity index (χ2n) is 4.07. The highest BCUT2D eigenvalue weighted by Gasteiger charge is 2.21. The summed E-state index contributed by atoms with van der Waals surface area (Å²) in [7, 11) is 1.43. The molecule has 0 aliphatic carbocycles. The van der Waals surface area contributed by atoms with Gasteiger partial charge in [-0.2, -0.15) is 0 Å². The van der Waals surface area contributed by atoms with Crippen molar-refractivity contribution >= 4 is 58.9 Å². The molecule has 0 fully saturated rings. The zero-order valence-corrected chi connectivity index (χ0v) is 15.0. The molecule has 0 spiro atoms. The minimum Gasteiger partial charge on any atom is -0.486 e. The van der Waals surface area contributed by atoms with Gasteiger partial charge in [0.15, 0.2) is 5.75 Å². The van der Waals surface area contributed by atoms with E-state index in [4.69, 9.17) is 38.6 Å². The highest BCUT2D eigenvalue weighted by atomic mass is 79.9. The van der Waals surface area contributed by atoms with Gasteiger partial charge < -0.3 is 4.74 Å². The summed E-state index contributed by atoms with van der Waals surface area (Å²) in [4.78, 5) is -0.183. The van der Waals surface area contributed by atoms with E-state index in [2.05, 4.69) is 15.9 Å². The van der Waals surface area contributed by atoms with E-state index in [-0.39, 0.29) is 22.3 Å². The van der Waals surface area contributed by atoms with Crippen LogP contribution in [0.5, 0.6) is 5.75 Å². The minimum absolute atomic E-state index is 0.0183. The molecular formula is C13H8BrCl3O3S. The Labute approximate surface area is 145 Å². The normalized spacial score (nSPS) is 11.4. The highest BCUT2D eigenvalue weighted by molar-refractivity contribution is 9.10. The first kappa shape index (κ1) is 16.9. The number of ether oxygens (including phenoxy) is 1. The van der Waals surface area contributed by atoms with Crippen LogP contribution in [0.3, 0.4) is 0 Å². The van der Waals surface area contributed by atoms with Crippen LogP contribution in [0.25, 0.3) is 0 Å². The van der Waals surface area contributed by atoms with Crippen LogP contribution in [-0.4, -0.2) is 8.42 Å². The van der Waals surface area contributed by atoms with Crippen LogP contribution in [0.1, 0.15) is 5.56 Å². The van der Waals surface area contributed by atoms with Gasteiger partial charge in [0.1, 0.15) is 11.5 Å². The average Bonchev–Trinajstić information content (AvgIpc) is 2.38. The molecular weight excluding hydrogens is 422 g/mol. The van der Waals surface area contributed by atoms with Crippen LogP contribution in [0, 0.1) is 0 Å². The monoisotopic (exact) mass is 428 g/mol. The van der Waals surface area contributed by atoms with E-state index in [0.717, 1.165) is 5.56 Å². The predicted octanol–water partition coefficient (Wildman–Crippen LogP) is 5.26. The fraction of sp³-hybridized carbons (Fsp3) is 0.0769. The summed E-state index contributed by atoms with van der Waals surface area (Å²) in [5.41, 5.74) is 0.816. The molecule has 0 heterocycles. The van der Waals surface area contributed by atoms with Crippen molar-refractivity contribution in [2.24, 2.45) is 0 Å². The topological polar surface area (TPSA) is 43.4 Å². The van der Waals surface area contributed by atoms with E-state index in [1.807, 2.05) is 0 Å². The van der Waals surface area contributed by atoms with Gasteiger partial charge in [-0.1, -0.05) is 51.3 Å². The van der Waals surface area contributed by atoms with E-state index in [9.17, 15) is 8.42 Å². The molecule has 0 radical (unpaired) electrons. The van der Waals surface area contributed by atoms with Gasteiger partial charge >= 0.3 is 0 Å². The van der Waals surface area contributed by atoms with Crippen molar-refractivity contribution in [3.8, 4) is 5.75 Å². The molecule has 2 rings (SSSR count). The molecule has 2 aromatic carbocycles. The molecule has 2 aromatic rings. The van der Waals surface area contributed by atoms with E-state index in [1.165, 1.54) is 12.1 Å². The SMILES string of the molecule is O=S(=O)(Cl)c1cc(Br)cc(Cl)c1OCc1ccc(Cl)cc1. The van der Waals surface area contributed by atoms with Gasteiger partial charge in [-0.15, -0.1) is 0 Å². The zero-order chi connectivity index (χ0) is 15.6. The third kappa shape index (κ3) is 4.50. The predicted molar refractivity (Wildman–Crippen MR) is 88.0 cm³/mol. The van der Waals surface area contributed by atoms with Gasteiger partial charge in [0.25, 0.3) is 9.05 Å². The molecule has 0 aliphatic heterocycles. The molecule has 0 aromatic heterocycles. The van der Waals surface area contributed by atoms with Crippen molar-refractivity contribution in [2.75, 3.05) is 0 Å². The largest absolute Gasteiger partial charge is 0.486 e. The Morgan fingerprint density at radius 3 is 2.29 bits per heavy atom. The number of rotatable bonds is 4. The summed E-state index contributed by atoms with van der Waals surface area (Å²) in [6, 6.07) is 9.83. The second kappa shape index (κ2) is 6.75. The van der Waals surface area contributed by atoms with Crippen LogP contribution >= 0.6 is 49.8 Å². The van der Waals surface area contributed by atoms with Crippen molar-refractivity contribution in [3.63, 3.8) is 0 Å². The quantitative estimate of drug-likeness (QED) is 0.621. The van der Waals surface area contributed by atoms with Crippen LogP contribution in [-0.2, 0) is 15.7 Å². The lowest BCUT2D eigenvalue weighted by molar-refractivity contribution is 0.298. The lowest BCUT2D eigenvalue weighted by Crippen LogP contribution is -2.01. The Kier molecular flexibility index (Phi) is 5.43. The van der Waals surface area contributed by atoms with Gasteiger partial charge in [-0.3, -0.25) is 0 Å². The molecule has 0 N–H and O–H groups in total. The molecule has 0 saturated carbocycles. The fourth-order valence-corrected chi connectivity index (χ4v) is 3.79. The Balaban J connectivity index is 2.33. The van der Waals surface area contributed by atoms with Gasteiger partial charge in [-0.05, 0) is 29.8 Å². The van der Waals surface area contributed by atoms with E-state index >= 15 is 0 Å². The molecule has 0 bridgehead atoms. The smallest absolute Gasteiger partial charge is 0.265 e. The Morgan fingerprint density at radius 2 is 1.71 bits per heavy atom. The van der Waals surface area contributed by atoms with Crippen LogP contribution in [0.4, 0.5) is 0 Å². The maximum atomic E-state index is 11.6. The maximum absolute atomic E-state index is 11.6. The molecule has 21 heavy (non-hydrogen) atoms. The standard InChI is InChI=1S/C13H8BrCl3O3S/c14-9-5-11(16)13(12(6-9)21(17,18)19)20-7-8-1-3-10(15)4-2-8/h1-6H,7H2. The summed E-state index contributed by atoms with van der Waals surface area (Å²) < 4.78 is 29.2. The summed E-state index contributed by atoms with van der Waals surface area (Å²) in [5.74, 6) is 0.0183. The van der Waals surface area contributed by atoms with Crippen molar-refractivity contribution < 1.29 is 13.2 Å². The van der Waals surface area contributed by atoms with Gasteiger partial charge in [0.05, 0.1) is 5.02 Å². The van der Waals surface area contributed by atoms with Gasteiger partial charge in [-0.25, -0.2) is 8.42 Å². The van der Waals surface area contributed by atoms with Crippen molar-refractivity contribution in [1.82, 2.24) is 0 Å². The molecule has 8 heteroatoms. The lowest BCUT2D eigenvalue weighted by Gasteiger charge is -2.12. The van der Waals surface area contributed by atoms with E-state index < -0.39 is 9.05 Å². The first-order valence-corrected chi connectivity index (χ1v) is 9.44. The maximum Gasteiger partial charge on any atom is 0.265 e. The third-order valence-corrected chi connectivity index (χ3v) is 4.85. The van der Waals surface area contributed by atoms with Gasteiger partial charge in [0.2, 0.25) is 0 Å². The number of benzene rings is 2. The van der Waals surface area contributed by atoms with E-state index in [1.54, 1.807) is 24.3 Å². The first-order valence-electron chi connectivity index (χ1n) is 5.58. The summed E-state index contributed by atoms with van der Waals surface area (Å²) >= 11 is 15.0. The first-order chi connectivity index (χ1) is 9.77. The number of hydrogen-bond donors (Lipinski definition) is 0. The van der Waals surface area contributed by atoms with Gasteiger partial charge in [0, 0.05) is 20.2 Å². The van der Waals surface area contributed by atoms with E-state index in [0.29, 0.717) is 9.50 Å². The molecule has 0 saturated heterocycles. The van der Waals surface area contributed by atoms with Crippen molar-refractivity contribution in [2.45, 2.75) is 11.5 Å². The summed E-state index contributed by atoms with van der Waals surface area (Å²) in [6.45, 7) is 0.137. The summed E-state index contributed by atoms with van der Waals surface area (Å²) in [5, 5.41) is 0.752. The molecule has 0 amide bonds. The van der Waals surface area contributed by atoms with Crippen LogP contribution in [0.2, 0.25) is 10.0 Å². The Morgan fingerprint density at radius 1 is 1.10 bits per heavy atom. The number of hydrogen-bond acceptors (Lipinski definition) is 3. The number of halogens is 4. The van der Waals surface area contributed by atoms with Crippen molar-refractivity contribution in [3.05, 3.63) is 56.5 Å². The molecule has 0 atom stereocenters. The lowest BCUT2D eigenvalue weighted by atomic mass is 10.2. The molecule has 3 nitrogen and oxygen atoms in total. The minimum atomic E-state index is -3.98. The molecule has 0 aliphatic rings. The zero-order valence-electron chi connectivity index (χ0n) is 10.3. The molecule has 112 valence electrons. The second-order valence-corrected chi connectivity index (χ2v) is 8.36. The van der Waals surface area contributed by atoms with Crippen LogP contribution < -0.4 is 4.74 Å². The molecule has 0 unspecified atom stereocenters. The average molecular weight is 431 g/mol. The Bertz CT molecular complexity index is 761. The summed E-state index contributed by atoms with van der Waals surface area (Å²) in [6.07, 6.45) is 0. The fourth-order valence-electron chi connectivity index (χ4n) is 1.59. The van der Waals surface area contributed by atoms with Crippen LogP contribution in [0.15, 0.2) is 45.8 Å². The Hall–Kier alpha value is -0.460. The third-order valence-electron chi connectivity index (χ3n) is 2.53. The van der Waals surface area contributed by atoms with Crippen molar-refractivity contribution in [1.29, 1.82) is 0 Å².